The van der Waals surface area contributed by atoms with E-state index in [0.717, 1.165) is 5.69 Å². The molecule has 18 heavy (non-hydrogen) atoms. The van der Waals surface area contributed by atoms with E-state index in [1.807, 2.05) is 6.07 Å². The van der Waals surface area contributed by atoms with Crippen LogP contribution >= 0.6 is 11.6 Å². The Morgan fingerprint density at radius 1 is 1.39 bits per heavy atom. The molecule has 0 aliphatic carbocycles. The van der Waals surface area contributed by atoms with Crippen molar-refractivity contribution in [1.82, 2.24) is 19.7 Å². The summed E-state index contributed by atoms with van der Waals surface area (Å²) in [7, 11) is 0. The molecule has 3 aromatic rings. The standard InChI is InChI=1S/C11H8ClN5O/c12-6-2-1-3-7(4-6)17-10-8(5-14-17)9(13)15-11(18)16-10/h1-5H,(H3,13,15,16,18). The normalized spacial score (nSPS) is 10.9. The summed E-state index contributed by atoms with van der Waals surface area (Å²) in [6, 6.07) is 7.09. The smallest absolute Gasteiger partial charge is 0.348 e. The molecule has 6 nitrogen and oxygen atoms in total. The van der Waals surface area contributed by atoms with Crippen LogP contribution in [0.1, 0.15) is 0 Å². The number of H-pyrrole nitrogens is 1. The average molecular weight is 262 g/mol. The molecular weight excluding hydrogens is 254 g/mol. The van der Waals surface area contributed by atoms with E-state index in [2.05, 4.69) is 15.1 Å². The number of aromatic amines is 1. The minimum Gasteiger partial charge on any atom is -0.384 e. The van der Waals surface area contributed by atoms with Gasteiger partial charge in [-0.3, -0.25) is 4.98 Å². The summed E-state index contributed by atoms with van der Waals surface area (Å²) in [4.78, 5) is 17.6. The molecule has 0 fully saturated rings. The number of hydrogen-bond acceptors (Lipinski definition) is 4. The second kappa shape index (κ2) is 3.85. The molecule has 0 radical (unpaired) electrons. The molecule has 0 bridgehead atoms. The topological polar surface area (TPSA) is 89.6 Å². The van der Waals surface area contributed by atoms with Crippen molar-refractivity contribution in [3.8, 4) is 5.69 Å². The quantitative estimate of drug-likeness (QED) is 0.692. The number of halogens is 1. The van der Waals surface area contributed by atoms with Crippen LogP contribution in [0.5, 0.6) is 0 Å². The maximum Gasteiger partial charge on any atom is 0.348 e. The average Bonchev–Trinajstić information content (AvgIpc) is 2.72. The maximum atomic E-state index is 11.3. The van der Waals surface area contributed by atoms with Crippen LogP contribution in [0.3, 0.4) is 0 Å². The lowest BCUT2D eigenvalue weighted by atomic mass is 10.3. The van der Waals surface area contributed by atoms with Gasteiger partial charge in [-0.05, 0) is 18.2 Å². The molecule has 3 N–H and O–H groups in total. The molecule has 3 rings (SSSR count). The lowest BCUT2D eigenvalue weighted by Gasteiger charge is -2.03. The monoisotopic (exact) mass is 261 g/mol. The van der Waals surface area contributed by atoms with E-state index in [1.165, 1.54) is 4.68 Å². The highest BCUT2D eigenvalue weighted by atomic mass is 35.5. The number of hydrogen-bond donors (Lipinski definition) is 2. The highest BCUT2D eigenvalue weighted by Crippen LogP contribution is 2.20. The Balaban J connectivity index is 2.34. The van der Waals surface area contributed by atoms with E-state index in [1.54, 1.807) is 24.4 Å². The van der Waals surface area contributed by atoms with E-state index in [0.29, 0.717) is 16.1 Å². The number of aromatic nitrogens is 4. The van der Waals surface area contributed by atoms with Crippen molar-refractivity contribution in [1.29, 1.82) is 0 Å². The van der Waals surface area contributed by atoms with Crippen LogP contribution in [-0.4, -0.2) is 19.7 Å². The number of nitrogens with zero attached hydrogens (tertiary/aromatic N) is 3. The third-order valence-electron chi connectivity index (χ3n) is 2.54. The minimum absolute atomic E-state index is 0.248. The first-order chi connectivity index (χ1) is 8.65. The Labute approximate surface area is 106 Å². The van der Waals surface area contributed by atoms with Crippen LogP contribution < -0.4 is 11.4 Å². The van der Waals surface area contributed by atoms with E-state index in [-0.39, 0.29) is 5.82 Å². The van der Waals surface area contributed by atoms with Gasteiger partial charge in [-0.15, -0.1) is 0 Å². The fourth-order valence-electron chi connectivity index (χ4n) is 1.74. The zero-order chi connectivity index (χ0) is 12.7. The van der Waals surface area contributed by atoms with Crippen molar-refractivity contribution >= 4 is 28.5 Å². The summed E-state index contributed by atoms with van der Waals surface area (Å²) < 4.78 is 1.52. The number of nitrogens with one attached hydrogen (secondary N) is 1. The molecule has 0 aliphatic rings. The zero-order valence-corrected chi connectivity index (χ0v) is 9.85. The van der Waals surface area contributed by atoms with Gasteiger partial charge in [0.05, 0.1) is 17.3 Å². The van der Waals surface area contributed by atoms with Crippen molar-refractivity contribution in [2.24, 2.45) is 0 Å². The lowest BCUT2D eigenvalue weighted by Crippen LogP contribution is -2.13. The Morgan fingerprint density at radius 3 is 3.00 bits per heavy atom. The predicted molar refractivity (Wildman–Crippen MR) is 68.9 cm³/mol. The van der Waals surface area contributed by atoms with E-state index in [4.69, 9.17) is 17.3 Å². The SMILES string of the molecule is Nc1[nH]c(=O)nc2c1cnn2-c1cccc(Cl)c1. The van der Waals surface area contributed by atoms with Gasteiger partial charge >= 0.3 is 5.69 Å². The molecule has 90 valence electrons. The summed E-state index contributed by atoms with van der Waals surface area (Å²) in [6.45, 7) is 0. The number of nitrogens with two attached hydrogens (primary N) is 1. The van der Waals surface area contributed by atoms with E-state index >= 15 is 0 Å². The lowest BCUT2D eigenvalue weighted by molar-refractivity contribution is 0.890. The van der Waals surface area contributed by atoms with Crippen molar-refractivity contribution in [2.75, 3.05) is 5.73 Å². The number of benzene rings is 1. The highest BCUT2D eigenvalue weighted by molar-refractivity contribution is 6.30. The molecule has 2 heterocycles. The van der Waals surface area contributed by atoms with Crippen molar-refractivity contribution in [3.63, 3.8) is 0 Å². The number of nitrogen functional groups attached to an aromatic ring is 1. The van der Waals surface area contributed by atoms with Crippen LogP contribution in [-0.2, 0) is 0 Å². The van der Waals surface area contributed by atoms with Crippen molar-refractivity contribution < 1.29 is 0 Å². The third kappa shape index (κ3) is 1.63. The Morgan fingerprint density at radius 2 is 2.22 bits per heavy atom. The molecule has 0 spiro atoms. The van der Waals surface area contributed by atoms with Crippen LogP contribution in [0, 0.1) is 0 Å². The van der Waals surface area contributed by atoms with E-state index in [9.17, 15) is 4.79 Å². The Bertz CT molecular complexity index is 791. The van der Waals surface area contributed by atoms with Gasteiger partial charge in [0.15, 0.2) is 5.65 Å². The van der Waals surface area contributed by atoms with Crippen molar-refractivity contribution in [2.45, 2.75) is 0 Å². The highest BCUT2D eigenvalue weighted by Gasteiger charge is 2.10. The van der Waals surface area contributed by atoms with Gasteiger partial charge in [0.2, 0.25) is 0 Å². The first-order valence-corrected chi connectivity index (χ1v) is 5.52. The van der Waals surface area contributed by atoms with E-state index < -0.39 is 5.69 Å². The maximum absolute atomic E-state index is 11.3. The molecule has 2 aromatic heterocycles. The molecule has 1 aromatic carbocycles. The summed E-state index contributed by atoms with van der Waals surface area (Å²) in [6.07, 6.45) is 1.55. The van der Waals surface area contributed by atoms with Gasteiger partial charge in [-0.25, -0.2) is 9.48 Å². The van der Waals surface area contributed by atoms with Gasteiger partial charge in [0, 0.05) is 5.02 Å². The zero-order valence-electron chi connectivity index (χ0n) is 9.09. The fourth-order valence-corrected chi connectivity index (χ4v) is 1.93. The predicted octanol–water partition coefficient (Wildman–Crippen LogP) is 1.34. The molecule has 0 atom stereocenters. The first kappa shape index (κ1) is 10.8. The van der Waals surface area contributed by atoms with Gasteiger partial charge in [-0.1, -0.05) is 17.7 Å². The molecule has 0 amide bonds. The number of anilines is 1. The Hall–Kier alpha value is -2.34. The third-order valence-corrected chi connectivity index (χ3v) is 2.77. The summed E-state index contributed by atoms with van der Waals surface area (Å²) in [5.74, 6) is 0.248. The fraction of sp³-hybridized carbons (Fsp3) is 0. The van der Waals surface area contributed by atoms with Crippen LogP contribution in [0.25, 0.3) is 16.7 Å². The van der Waals surface area contributed by atoms with Gasteiger partial charge in [0.1, 0.15) is 5.82 Å². The summed E-state index contributed by atoms with van der Waals surface area (Å²) >= 11 is 5.92. The first-order valence-electron chi connectivity index (χ1n) is 5.14. The second-order valence-electron chi connectivity index (χ2n) is 3.73. The van der Waals surface area contributed by atoms with Crippen LogP contribution in [0.15, 0.2) is 35.3 Å². The van der Waals surface area contributed by atoms with Gasteiger partial charge in [-0.2, -0.15) is 10.1 Å². The molecule has 0 saturated heterocycles. The van der Waals surface area contributed by atoms with Crippen LogP contribution in [0.4, 0.5) is 5.82 Å². The number of fused-ring (bicyclic) bond motifs is 1. The summed E-state index contributed by atoms with van der Waals surface area (Å²) in [5.41, 5.74) is 6.31. The Kier molecular flexibility index (Phi) is 2.31. The molecule has 7 heteroatoms. The molecular formula is C11H8ClN5O. The molecule has 0 unspecified atom stereocenters. The van der Waals surface area contributed by atoms with Gasteiger partial charge in [0.25, 0.3) is 0 Å². The second-order valence-corrected chi connectivity index (χ2v) is 4.17. The summed E-state index contributed by atoms with van der Waals surface area (Å²) in [5, 5.41) is 5.34. The molecule has 0 aliphatic heterocycles. The van der Waals surface area contributed by atoms with Crippen LogP contribution in [0.2, 0.25) is 5.02 Å². The largest absolute Gasteiger partial charge is 0.384 e. The minimum atomic E-state index is -0.510. The van der Waals surface area contributed by atoms with Gasteiger partial charge < -0.3 is 5.73 Å². The number of rotatable bonds is 1. The molecule has 0 saturated carbocycles. The van der Waals surface area contributed by atoms with Crippen molar-refractivity contribution in [3.05, 3.63) is 46.0 Å².